The summed E-state index contributed by atoms with van der Waals surface area (Å²) in [4.78, 5) is 4.67. The van der Waals surface area contributed by atoms with Crippen molar-refractivity contribution in [1.82, 2.24) is 5.32 Å². The Kier molecular flexibility index (Phi) is 4.73. The number of benzene rings is 1. The third-order valence-electron chi connectivity index (χ3n) is 3.51. The van der Waals surface area contributed by atoms with Crippen molar-refractivity contribution in [1.29, 1.82) is 0 Å². The molecule has 0 radical (unpaired) electrons. The molecular formula is C14H19BrN2S. The van der Waals surface area contributed by atoms with E-state index in [4.69, 9.17) is 0 Å². The highest BCUT2D eigenvalue weighted by Gasteiger charge is 2.33. The van der Waals surface area contributed by atoms with Gasteiger partial charge in [0.1, 0.15) is 0 Å². The summed E-state index contributed by atoms with van der Waals surface area (Å²) in [5.41, 5.74) is 1.51. The molecule has 1 fully saturated rings. The van der Waals surface area contributed by atoms with E-state index >= 15 is 0 Å². The molecule has 0 saturated carbocycles. The molecule has 0 aliphatic carbocycles. The molecule has 0 aromatic heterocycles. The molecule has 1 heterocycles. The Morgan fingerprint density at radius 1 is 1.39 bits per heavy atom. The molecule has 1 aliphatic rings. The molecule has 0 atom stereocenters. The minimum absolute atomic E-state index is 0.265. The summed E-state index contributed by atoms with van der Waals surface area (Å²) < 4.78 is 1.11. The van der Waals surface area contributed by atoms with Crippen LogP contribution >= 0.6 is 27.7 Å². The first kappa shape index (κ1) is 13.9. The van der Waals surface area contributed by atoms with Crippen LogP contribution in [0.1, 0.15) is 32.3 Å². The van der Waals surface area contributed by atoms with Crippen molar-refractivity contribution in [3.05, 3.63) is 34.3 Å². The van der Waals surface area contributed by atoms with Crippen LogP contribution in [0.5, 0.6) is 0 Å². The predicted octanol–water partition coefficient (Wildman–Crippen LogP) is 4.20. The molecule has 0 spiro atoms. The number of amidine groups is 1. The highest BCUT2D eigenvalue weighted by atomic mass is 79.9. The Morgan fingerprint density at radius 2 is 2.17 bits per heavy atom. The summed E-state index contributed by atoms with van der Waals surface area (Å²) in [6, 6.07) is 8.33. The molecule has 0 bridgehead atoms. The first-order chi connectivity index (χ1) is 8.67. The third-order valence-corrected chi connectivity index (χ3v) is 5.20. The normalized spacial score (nSPS) is 20.1. The summed E-state index contributed by atoms with van der Waals surface area (Å²) in [7, 11) is 0. The zero-order valence-corrected chi connectivity index (χ0v) is 13.3. The van der Waals surface area contributed by atoms with E-state index in [1.165, 1.54) is 5.56 Å². The second-order valence-electron chi connectivity index (χ2n) is 4.65. The fourth-order valence-corrected chi connectivity index (χ4v) is 3.80. The summed E-state index contributed by atoms with van der Waals surface area (Å²) in [6.07, 6.45) is 2.32. The van der Waals surface area contributed by atoms with Crippen molar-refractivity contribution in [2.75, 3.05) is 5.75 Å². The molecule has 1 N–H and O–H groups in total. The van der Waals surface area contributed by atoms with Gasteiger partial charge in [0.2, 0.25) is 0 Å². The Balaban J connectivity index is 1.99. The highest BCUT2D eigenvalue weighted by molar-refractivity contribution is 9.10. The molecular weight excluding hydrogens is 308 g/mol. The van der Waals surface area contributed by atoms with Crippen LogP contribution in [-0.2, 0) is 6.54 Å². The summed E-state index contributed by atoms with van der Waals surface area (Å²) in [6.45, 7) is 5.24. The van der Waals surface area contributed by atoms with Crippen molar-refractivity contribution < 1.29 is 0 Å². The van der Waals surface area contributed by atoms with Crippen LogP contribution in [0.3, 0.4) is 0 Å². The van der Waals surface area contributed by atoms with E-state index in [1.807, 2.05) is 17.8 Å². The van der Waals surface area contributed by atoms with E-state index < -0.39 is 0 Å². The lowest BCUT2D eigenvalue weighted by Crippen LogP contribution is -2.42. The quantitative estimate of drug-likeness (QED) is 0.896. The van der Waals surface area contributed by atoms with Gasteiger partial charge in [-0.1, -0.05) is 53.7 Å². The minimum Gasteiger partial charge on any atom is -0.359 e. The lowest BCUT2D eigenvalue weighted by Gasteiger charge is -2.25. The van der Waals surface area contributed by atoms with Gasteiger partial charge in [-0.15, -0.1) is 0 Å². The van der Waals surface area contributed by atoms with Gasteiger partial charge in [-0.05, 0) is 30.5 Å². The number of hydrogen-bond acceptors (Lipinski definition) is 2. The number of rotatable bonds is 4. The van der Waals surface area contributed by atoms with Gasteiger partial charge in [-0.25, -0.2) is 0 Å². The van der Waals surface area contributed by atoms with Gasteiger partial charge in [0.15, 0.2) is 5.17 Å². The van der Waals surface area contributed by atoms with Crippen LogP contribution in [0.15, 0.2) is 33.7 Å². The Hall–Kier alpha value is -0.480. The Labute approximate surface area is 122 Å². The minimum atomic E-state index is 0.265. The maximum absolute atomic E-state index is 4.67. The molecule has 2 nitrogen and oxygen atoms in total. The van der Waals surface area contributed by atoms with Gasteiger partial charge >= 0.3 is 0 Å². The predicted molar refractivity (Wildman–Crippen MR) is 84.2 cm³/mol. The lowest BCUT2D eigenvalue weighted by molar-refractivity contribution is 0.407. The molecule has 0 amide bonds. The summed E-state index contributed by atoms with van der Waals surface area (Å²) >= 11 is 5.34. The topological polar surface area (TPSA) is 24.4 Å². The number of aliphatic imine (C=N–C) groups is 1. The maximum Gasteiger partial charge on any atom is 0.157 e. The van der Waals surface area contributed by atoms with Crippen LogP contribution < -0.4 is 5.32 Å². The molecule has 1 saturated heterocycles. The van der Waals surface area contributed by atoms with E-state index in [-0.39, 0.29) is 5.54 Å². The number of nitrogens with zero attached hydrogens (tertiary/aromatic N) is 1. The third kappa shape index (κ3) is 3.29. The average Bonchev–Trinajstić information content (AvgIpc) is 2.81. The fraction of sp³-hybridized carbons (Fsp3) is 0.500. The smallest absolute Gasteiger partial charge is 0.157 e. The summed E-state index contributed by atoms with van der Waals surface area (Å²) in [5, 5.41) is 4.69. The standard InChI is InChI=1S/C14H19BrN2S/c1-3-14(4-2)10-18-13(17-14)16-9-11-6-5-7-12(15)8-11/h5-8H,3-4,9-10H2,1-2H3,(H,16,17). The van der Waals surface area contributed by atoms with Crippen molar-refractivity contribution >= 4 is 32.9 Å². The van der Waals surface area contributed by atoms with Gasteiger partial charge in [-0.2, -0.15) is 0 Å². The average molecular weight is 327 g/mol. The molecule has 1 aliphatic heterocycles. The number of hydrogen-bond donors (Lipinski definition) is 1. The van der Waals surface area contributed by atoms with Crippen molar-refractivity contribution in [2.45, 2.75) is 38.8 Å². The second kappa shape index (κ2) is 6.11. The second-order valence-corrected chi connectivity index (χ2v) is 6.53. The van der Waals surface area contributed by atoms with E-state index in [0.29, 0.717) is 0 Å². The molecule has 0 unspecified atom stereocenters. The zero-order chi connectivity index (χ0) is 13.0. The molecule has 98 valence electrons. The first-order valence-electron chi connectivity index (χ1n) is 6.37. The number of nitrogens with one attached hydrogen (secondary N) is 1. The van der Waals surface area contributed by atoms with Gasteiger partial charge in [0, 0.05) is 15.8 Å². The van der Waals surface area contributed by atoms with Gasteiger partial charge in [0.25, 0.3) is 0 Å². The fourth-order valence-electron chi connectivity index (χ4n) is 2.02. The first-order valence-corrected chi connectivity index (χ1v) is 8.15. The van der Waals surface area contributed by atoms with Crippen LogP contribution in [0.2, 0.25) is 0 Å². The van der Waals surface area contributed by atoms with Crippen molar-refractivity contribution in [3.63, 3.8) is 0 Å². The van der Waals surface area contributed by atoms with E-state index in [9.17, 15) is 0 Å². The molecule has 1 aromatic rings. The van der Waals surface area contributed by atoms with Crippen LogP contribution in [0, 0.1) is 0 Å². The lowest BCUT2D eigenvalue weighted by atomic mass is 9.96. The Morgan fingerprint density at radius 3 is 2.78 bits per heavy atom. The van der Waals surface area contributed by atoms with E-state index in [1.54, 1.807) is 0 Å². The maximum atomic E-state index is 4.67. The van der Waals surface area contributed by atoms with Crippen LogP contribution in [-0.4, -0.2) is 16.5 Å². The zero-order valence-electron chi connectivity index (χ0n) is 10.9. The SMILES string of the molecule is CCC1(CC)CSC(=NCc2cccc(Br)c2)N1. The molecule has 2 rings (SSSR count). The van der Waals surface area contributed by atoms with Crippen LogP contribution in [0.4, 0.5) is 0 Å². The monoisotopic (exact) mass is 326 g/mol. The van der Waals surface area contributed by atoms with Gasteiger partial charge in [0.05, 0.1) is 6.54 Å². The number of halogens is 1. The largest absolute Gasteiger partial charge is 0.359 e. The van der Waals surface area contributed by atoms with Crippen molar-refractivity contribution in [3.8, 4) is 0 Å². The van der Waals surface area contributed by atoms with Crippen LogP contribution in [0.25, 0.3) is 0 Å². The van der Waals surface area contributed by atoms with Gasteiger partial charge in [-0.3, -0.25) is 4.99 Å². The Bertz CT molecular complexity index is 441. The molecule has 1 aromatic carbocycles. The summed E-state index contributed by atoms with van der Waals surface area (Å²) in [5.74, 6) is 1.14. The van der Waals surface area contributed by atoms with E-state index in [2.05, 4.69) is 58.3 Å². The van der Waals surface area contributed by atoms with E-state index in [0.717, 1.165) is 34.8 Å². The highest BCUT2D eigenvalue weighted by Crippen LogP contribution is 2.29. The van der Waals surface area contributed by atoms with Crippen molar-refractivity contribution in [2.24, 2.45) is 4.99 Å². The molecule has 18 heavy (non-hydrogen) atoms. The van der Waals surface area contributed by atoms with Gasteiger partial charge < -0.3 is 5.32 Å². The number of thioether (sulfide) groups is 1. The molecule has 4 heteroatoms.